The summed E-state index contributed by atoms with van der Waals surface area (Å²) >= 11 is 0. The van der Waals surface area contributed by atoms with Gasteiger partial charge in [-0.2, -0.15) is 13.2 Å². The predicted molar refractivity (Wildman–Crippen MR) is 60.2 cm³/mol. The van der Waals surface area contributed by atoms with Crippen molar-refractivity contribution < 1.29 is 30.7 Å². The van der Waals surface area contributed by atoms with Gasteiger partial charge in [-0.3, -0.25) is 0 Å². The van der Waals surface area contributed by atoms with Crippen molar-refractivity contribution in [2.45, 2.75) is 23.9 Å². The van der Waals surface area contributed by atoms with Crippen LogP contribution in [0.4, 0.5) is 17.6 Å². The molecule has 0 atom stereocenters. The van der Waals surface area contributed by atoms with Crippen molar-refractivity contribution >= 4 is 19.7 Å². The molecule has 0 aliphatic rings. The zero-order valence-corrected chi connectivity index (χ0v) is 10.9. The molecule has 0 radical (unpaired) electrons. The van der Waals surface area contributed by atoms with E-state index < -0.39 is 32.4 Å². The third-order valence-electron chi connectivity index (χ3n) is 2.03. The summed E-state index contributed by atoms with van der Waals surface area (Å²) in [6.07, 6.45) is -5.71. The molecule has 1 aromatic rings. The van der Waals surface area contributed by atoms with Crippen molar-refractivity contribution in [3.63, 3.8) is 0 Å². The molecule has 1 aromatic carbocycles. The Hall–Kier alpha value is -1.02. The standard InChI is InChI=1S/C10H9ClF4O3S/c11-19(16,17)9-6-7(12)2-3-8(9)18-5-1-4-10(13,14)15/h2-3,6H,1,4-5H2. The maximum absolute atomic E-state index is 12.9. The van der Waals surface area contributed by atoms with E-state index >= 15 is 0 Å². The Morgan fingerprint density at radius 1 is 1.26 bits per heavy atom. The number of halogens is 5. The molecule has 0 spiro atoms. The number of benzene rings is 1. The van der Waals surface area contributed by atoms with Gasteiger partial charge in [-0.1, -0.05) is 0 Å². The van der Waals surface area contributed by atoms with Crippen molar-refractivity contribution in [1.29, 1.82) is 0 Å². The monoisotopic (exact) mass is 320 g/mol. The summed E-state index contributed by atoms with van der Waals surface area (Å²) in [4.78, 5) is -0.610. The molecular weight excluding hydrogens is 312 g/mol. The minimum atomic E-state index is -4.31. The lowest BCUT2D eigenvalue weighted by molar-refractivity contribution is -0.136. The predicted octanol–water partition coefficient (Wildman–Crippen LogP) is 3.47. The molecule has 19 heavy (non-hydrogen) atoms. The summed E-state index contributed by atoms with van der Waals surface area (Å²) < 4.78 is 75.7. The van der Waals surface area contributed by atoms with E-state index in [4.69, 9.17) is 15.4 Å². The van der Waals surface area contributed by atoms with Crippen LogP contribution < -0.4 is 4.74 Å². The average molecular weight is 321 g/mol. The van der Waals surface area contributed by atoms with Crippen LogP contribution in [-0.2, 0) is 9.05 Å². The Morgan fingerprint density at radius 3 is 2.42 bits per heavy atom. The van der Waals surface area contributed by atoms with Gasteiger partial charge >= 0.3 is 6.18 Å². The molecule has 0 aliphatic carbocycles. The molecule has 0 saturated carbocycles. The van der Waals surface area contributed by atoms with Crippen LogP contribution >= 0.6 is 10.7 Å². The Morgan fingerprint density at radius 2 is 1.89 bits per heavy atom. The molecule has 3 nitrogen and oxygen atoms in total. The van der Waals surface area contributed by atoms with Crippen molar-refractivity contribution in [2.24, 2.45) is 0 Å². The molecular formula is C10H9ClF4O3S. The van der Waals surface area contributed by atoms with Gasteiger partial charge in [-0.25, -0.2) is 12.8 Å². The van der Waals surface area contributed by atoms with Crippen molar-refractivity contribution in [1.82, 2.24) is 0 Å². The highest BCUT2D eigenvalue weighted by atomic mass is 35.7. The molecule has 0 bridgehead atoms. The van der Waals surface area contributed by atoms with Crippen molar-refractivity contribution in [2.75, 3.05) is 6.61 Å². The van der Waals surface area contributed by atoms with Gasteiger partial charge < -0.3 is 4.74 Å². The van der Waals surface area contributed by atoms with Crippen LogP contribution in [0.1, 0.15) is 12.8 Å². The molecule has 0 amide bonds. The fraction of sp³-hybridized carbons (Fsp3) is 0.400. The van der Waals surface area contributed by atoms with Gasteiger partial charge in [0.05, 0.1) is 6.61 Å². The van der Waals surface area contributed by atoms with Gasteiger partial charge in [0.25, 0.3) is 9.05 Å². The molecule has 9 heteroatoms. The van der Waals surface area contributed by atoms with Gasteiger partial charge in [0, 0.05) is 17.1 Å². The van der Waals surface area contributed by atoms with E-state index in [2.05, 4.69) is 0 Å². The van der Waals surface area contributed by atoms with Crippen LogP contribution in [0.3, 0.4) is 0 Å². The van der Waals surface area contributed by atoms with Crippen LogP contribution in [0.25, 0.3) is 0 Å². The second-order valence-electron chi connectivity index (χ2n) is 3.60. The van der Waals surface area contributed by atoms with E-state index in [1.165, 1.54) is 0 Å². The Kier molecular flexibility index (Phi) is 5.03. The largest absolute Gasteiger partial charge is 0.492 e. The summed E-state index contributed by atoms with van der Waals surface area (Å²) in [5, 5.41) is 0. The molecule has 0 N–H and O–H groups in total. The summed E-state index contributed by atoms with van der Waals surface area (Å²) in [5.74, 6) is -1.12. The highest BCUT2D eigenvalue weighted by molar-refractivity contribution is 8.13. The molecule has 0 aliphatic heterocycles. The average Bonchev–Trinajstić information content (AvgIpc) is 2.23. The maximum Gasteiger partial charge on any atom is 0.389 e. The number of ether oxygens (including phenoxy) is 1. The second kappa shape index (κ2) is 5.96. The lowest BCUT2D eigenvalue weighted by Gasteiger charge is -2.10. The smallest absolute Gasteiger partial charge is 0.389 e. The Labute approximate surface area is 111 Å². The summed E-state index contributed by atoms with van der Waals surface area (Å²) in [7, 11) is 0.830. The van der Waals surface area contributed by atoms with Crippen LogP contribution in [0.5, 0.6) is 5.75 Å². The quantitative estimate of drug-likeness (QED) is 0.474. The molecule has 0 unspecified atom stereocenters. The van der Waals surface area contributed by atoms with Crippen LogP contribution in [-0.4, -0.2) is 21.2 Å². The molecule has 0 saturated heterocycles. The number of hydrogen-bond acceptors (Lipinski definition) is 3. The topological polar surface area (TPSA) is 43.4 Å². The number of hydrogen-bond donors (Lipinski definition) is 0. The van der Waals surface area contributed by atoms with E-state index in [1.54, 1.807) is 0 Å². The van der Waals surface area contributed by atoms with Gasteiger partial charge in [-0.15, -0.1) is 0 Å². The molecule has 0 heterocycles. The second-order valence-corrected chi connectivity index (χ2v) is 6.13. The third kappa shape index (κ3) is 5.65. The molecule has 0 aromatic heterocycles. The number of alkyl halides is 3. The Bertz CT molecular complexity index is 542. The molecule has 108 valence electrons. The Balaban J connectivity index is 2.74. The summed E-state index contributed by atoms with van der Waals surface area (Å²) in [6.45, 7) is -0.357. The van der Waals surface area contributed by atoms with Crippen LogP contribution in [0.2, 0.25) is 0 Å². The highest BCUT2D eigenvalue weighted by Crippen LogP contribution is 2.28. The van der Waals surface area contributed by atoms with E-state index in [0.717, 1.165) is 12.1 Å². The van der Waals surface area contributed by atoms with E-state index in [0.29, 0.717) is 6.07 Å². The van der Waals surface area contributed by atoms with E-state index in [-0.39, 0.29) is 18.8 Å². The van der Waals surface area contributed by atoms with Crippen LogP contribution in [0, 0.1) is 5.82 Å². The number of rotatable bonds is 5. The lowest BCUT2D eigenvalue weighted by atomic mass is 10.3. The highest BCUT2D eigenvalue weighted by Gasteiger charge is 2.26. The van der Waals surface area contributed by atoms with E-state index in [1.807, 2.05) is 0 Å². The third-order valence-corrected chi connectivity index (χ3v) is 3.37. The fourth-order valence-electron chi connectivity index (χ4n) is 1.25. The van der Waals surface area contributed by atoms with Gasteiger partial charge in [0.2, 0.25) is 0 Å². The zero-order chi connectivity index (χ0) is 14.7. The summed E-state index contributed by atoms with van der Waals surface area (Å²) in [5.41, 5.74) is 0. The maximum atomic E-state index is 12.9. The van der Waals surface area contributed by atoms with Crippen LogP contribution in [0.15, 0.2) is 23.1 Å². The first-order valence-corrected chi connectivity index (χ1v) is 7.34. The minimum Gasteiger partial charge on any atom is -0.492 e. The van der Waals surface area contributed by atoms with Gasteiger partial charge in [0.15, 0.2) is 0 Å². The van der Waals surface area contributed by atoms with Gasteiger partial charge in [0.1, 0.15) is 16.5 Å². The lowest BCUT2D eigenvalue weighted by Crippen LogP contribution is -2.10. The normalized spacial score (nSPS) is 12.5. The summed E-state index contributed by atoms with van der Waals surface area (Å²) in [6, 6.07) is 2.56. The minimum absolute atomic E-state index is 0.279. The first-order valence-electron chi connectivity index (χ1n) is 5.03. The van der Waals surface area contributed by atoms with Gasteiger partial charge in [-0.05, 0) is 24.6 Å². The zero-order valence-electron chi connectivity index (χ0n) is 9.38. The molecule has 0 fully saturated rings. The first kappa shape index (κ1) is 16.0. The molecule has 1 rings (SSSR count). The fourth-order valence-corrected chi connectivity index (χ4v) is 2.23. The van der Waals surface area contributed by atoms with E-state index in [9.17, 15) is 26.0 Å². The first-order chi connectivity index (χ1) is 8.59. The van der Waals surface area contributed by atoms with Crippen molar-refractivity contribution in [3.05, 3.63) is 24.0 Å². The SMILES string of the molecule is O=S(=O)(Cl)c1cc(F)ccc1OCCCC(F)(F)F. The van der Waals surface area contributed by atoms with Crippen molar-refractivity contribution in [3.8, 4) is 5.75 Å².